The molecule has 2 N–H and O–H groups in total. The summed E-state index contributed by atoms with van der Waals surface area (Å²) in [6, 6.07) is 8.80. The van der Waals surface area contributed by atoms with E-state index < -0.39 is 5.91 Å². The first kappa shape index (κ1) is 23.7. The Hall–Kier alpha value is -2.48. The zero-order chi connectivity index (χ0) is 23.2. The average Bonchev–Trinajstić information content (AvgIpc) is 3.41. The Labute approximate surface area is 196 Å². The number of hydrogen-bond donors (Lipinski definition) is 2. The van der Waals surface area contributed by atoms with Gasteiger partial charge < -0.3 is 4.74 Å². The first-order chi connectivity index (χ1) is 16.0. The van der Waals surface area contributed by atoms with E-state index in [-0.39, 0.29) is 0 Å². The lowest BCUT2D eigenvalue weighted by Crippen LogP contribution is -2.26. The molecule has 1 aromatic carbocycles. The lowest BCUT2D eigenvalue weighted by Gasteiger charge is -2.25. The van der Waals surface area contributed by atoms with E-state index in [1.165, 1.54) is 41.4 Å². The maximum atomic E-state index is 11.2. The highest BCUT2D eigenvalue weighted by Crippen LogP contribution is 2.32. The predicted octanol–water partition coefficient (Wildman–Crippen LogP) is 3.82. The monoisotopic (exact) mass is 452 g/mol. The molecule has 7 nitrogen and oxygen atoms in total. The number of nitrogens with one attached hydrogen (secondary N) is 1. The third-order valence-corrected chi connectivity index (χ3v) is 7.17. The average molecular weight is 453 g/mol. The van der Waals surface area contributed by atoms with E-state index in [9.17, 15) is 4.79 Å². The highest BCUT2D eigenvalue weighted by Gasteiger charge is 2.26. The van der Waals surface area contributed by atoms with Crippen LogP contribution in [0, 0.1) is 19.8 Å². The highest BCUT2D eigenvalue weighted by molar-refractivity contribution is 5.90. The van der Waals surface area contributed by atoms with Gasteiger partial charge in [0.25, 0.3) is 5.91 Å². The summed E-state index contributed by atoms with van der Waals surface area (Å²) in [4.78, 5) is 13.8. The van der Waals surface area contributed by atoms with Gasteiger partial charge in [-0.25, -0.2) is 5.48 Å². The van der Waals surface area contributed by atoms with Crippen molar-refractivity contribution in [2.45, 2.75) is 58.5 Å². The van der Waals surface area contributed by atoms with Gasteiger partial charge in [-0.3, -0.25) is 19.6 Å². The summed E-state index contributed by atoms with van der Waals surface area (Å²) in [5, 5.41) is 13.5. The number of hydrogen-bond acceptors (Lipinski definition) is 5. The Morgan fingerprint density at radius 3 is 2.70 bits per heavy atom. The zero-order valence-corrected chi connectivity index (χ0v) is 19.8. The fraction of sp³-hybridized carbons (Fsp3) is 0.538. The van der Waals surface area contributed by atoms with E-state index >= 15 is 0 Å². The molecule has 1 atom stereocenters. The van der Waals surface area contributed by atoms with Crippen molar-refractivity contribution in [2.24, 2.45) is 5.92 Å². The number of carbonyl (C=O) groups is 1. The van der Waals surface area contributed by atoms with E-state index in [0.29, 0.717) is 12.0 Å². The minimum atomic E-state index is -0.525. The van der Waals surface area contributed by atoms with E-state index in [4.69, 9.17) is 15.0 Å². The summed E-state index contributed by atoms with van der Waals surface area (Å²) in [6.45, 7) is 9.28. The molecule has 33 heavy (non-hydrogen) atoms. The summed E-state index contributed by atoms with van der Waals surface area (Å²) >= 11 is 0. The minimum Gasteiger partial charge on any atom is -0.381 e. The molecular weight excluding hydrogens is 416 g/mol. The highest BCUT2D eigenvalue weighted by atomic mass is 16.5. The van der Waals surface area contributed by atoms with Crippen molar-refractivity contribution < 1.29 is 14.7 Å². The van der Waals surface area contributed by atoms with Crippen LogP contribution in [0.25, 0.3) is 6.08 Å². The molecule has 1 amide bonds. The molecule has 7 heteroatoms. The van der Waals surface area contributed by atoms with E-state index in [1.807, 2.05) is 12.1 Å². The molecule has 0 spiro atoms. The smallest absolute Gasteiger partial charge is 0.267 e. The number of rotatable bonds is 8. The van der Waals surface area contributed by atoms with Crippen LogP contribution < -0.4 is 5.48 Å². The number of carbonyl (C=O) groups excluding carboxylic acids is 1. The van der Waals surface area contributed by atoms with Gasteiger partial charge in [0, 0.05) is 44.1 Å². The molecule has 2 aromatic rings. The number of amides is 1. The minimum absolute atomic E-state index is 0.432. The quantitative estimate of drug-likeness (QED) is 0.362. The second kappa shape index (κ2) is 11.1. The molecule has 2 aliphatic heterocycles. The number of ether oxygens (including phenoxy) is 1. The molecular formula is C26H36N4O3. The maximum absolute atomic E-state index is 11.2. The number of likely N-dealkylation sites (tertiary alicyclic amines) is 1. The predicted molar refractivity (Wildman–Crippen MR) is 128 cm³/mol. The molecule has 0 radical (unpaired) electrons. The van der Waals surface area contributed by atoms with Crippen molar-refractivity contribution in [3.05, 3.63) is 58.4 Å². The molecule has 1 aromatic heterocycles. The summed E-state index contributed by atoms with van der Waals surface area (Å²) in [7, 11) is 0. The van der Waals surface area contributed by atoms with Crippen LogP contribution in [0.3, 0.4) is 0 Å². The summed E-state index contributed by atoms with van der Waals surface area (Å²) in [5.41, 5.74) is 7.75. The van der Waals surface area contributed by atoms with Gasteiger partial charge in [0.2, 0.25) is 0 Å². The molecule has 3 heterocycles. The molecule has 178 valence electrons. The number of benzene rings is 1. The van der Waals surface area contributed by atoms with Crippen LogP contribution in [0.15, 0.2) is 30.3 Å². The van der Waals surface area contributed by atoms with Gasteiger partial charge in [-0.15, -0.1) is 0 Å². The van der Waals surface area contributed by atoms with Crippen molar-refractivity contribution >= 4 is 12.0 Å². The molecule has 0 aliphatic carbocycles. The molecule has 4 rings (SSSR count). The van der Waals surface area contributed by atoms with Crippen LogP contribution >= 0.6 is 0 Å². The Bertz CT molecular complexity index is 961. The van der Waals surface area contributed by atoms with Gasteiger partial charge in [0.1, 0.15) is 0 Å². The Morgan fingerprint density at radius 1 is 1.21 bits per heavy atom. The maximum Gasteiger partial charge on any atom is 0.267 e. The SMILES string of the molecule is Cc1nn(CC2CCOCC2)c(C)c1CCN1CCC[C@H]1c1ccc(/C=C/C(=O)NO)cc1. The van der Waals surface area contributed by atoms with Crippen molar-refractivity contribution in [3.8, 4) is 0 Å². The van der Waals surface area contributed by atoms with Crippen LogP contribution in [0.5, 0.6) is 0 Å². The zero-order valence-electron chi connectivity index (χ0n) is 19.8. The Balaban J connectivity index is 1.37. The second-order valence-corrected chi connectivity index (χ2v) is 9.31. The normalized spacial score (nSPS) is 20.0. The Morgan fingerprint density at radius 2 is 1.97 bits per heavy atom. The van der Waals surface area contributed by atoms with Gasteiger partial charge >= 0.3 is 0 Å². The van der Waals surface area contributed by atoms with Crippen molar-refractivity contribution in [3.63, 3.8) is 0 Å². The molecule has 2 saturated heterocycles. The van der Waals surface area contributed by atoms with Crippen molar-refractivity contribution in [2.75, 3.05) is 26.3 Å². The summed E-state index contributed by atoms with van der Waals surface area (Å²) in [6.07, 6.45) is 8.69. The standard InChI is InChI=1S/C26H36N4O3/c1-19-24(20(2)30(27-19)18-22-12-16-33-17-13-22)11-15-29-14-3-4-25(29)23-8-5-21(6-9-23)7-10-26(31)28-32/h5-10,22,25,32H,3-4,11-18H2,1-2H3,(H,28,31)/b10-7+/t25-/m0/s1. The van der Waals surface area contributed by atoms with E-state index in [1.54, 1.807) is 11.6 Å². The van der Waals surface area contributed by atoms with Gasteiger partial charge in [0.05, 0.1) is 5.69 Å². The van der Waals surface area contributed by atoms with Crippen LogP contribution in [0.1, 0.15) is 59.8 Å². The van der Waals surface area contributed by atoms with Crippen molar-refractivity contribution in [1.29, 1.82) is 0 Å². The van der Waals surface area contributed by atoms with Gasteiger partial charge in [-0.2, -0.15) is 5.10 Å². The van der Waals surface area contributed by atoms with E-state index in [2.05, 4.69) is 35.6 Å². The largest absolute Gasteiger partial charge is 0.381 e. The summed E-state index contributed by atoms with van der Waals surface area (Å²) in [5.74, 6) is 0.145. The lowest BCUT2D eigenvalue weighted by atomic mass is 10.0. The third-order valence-electron chi connectivity index (χ3n) is 7.17. The fourth-order valence-corrected chi connectivity index (χ4v) is 5.21. The number of nitrogens with zero attached hydrogens (tertiary/aromatic N) is 3. The van der Waals surface area contributed by atoms with Crippen LogP contribution in [-0.2, 0) is 22.5 Å². The second-order valence-electron chi connectivity index (χ2n) is 9.31. The van der Waals surface area contributed by atoms with Crippen LogP contribution in [0.2, 0.25) is 0 Å². The molecule has 0 bridgehead atoms. The molecule has 2 aliphatic rings. The lowest BCUT2D eigenvalue weighted by molar-refractivity contribution is -0.124. The first-order valence-corrected chi connectivity index (χ1v) is 12.1. The molecule has 0 saturated carbocycles. The molecule has 0 unspecified atom stereocenters. The van der Waals surface area contributed by atoms with Gasteiger partial charge in [-0.1, -0.05) is 24.3 Å². The van der Waals surface area contributed by atoms with E-state index in [0.717, 1.165) is 57.7 Å². The topological polar surface area (TPSA) is 79.6 Å². The molecule has 2 fully saturated rings. The third kappa shape index (κ3) is 5.91. The van der Waals surface area contributed by atoms with Gasteiger partial charge in [0.15, 0.2) is 0 Å². The Kier molecular flexibility index (Phi) is 7.96. The number of hydroxylamine groups is 1. The van der Waals surface area contributed by atoms with Gasteiger partial charge in [-0.05, 0) is 81.2 Å². The van der Waals surface area contributed by atoms with Crippen LogP contribution in [0.4, 0.5) is 0 Å². The van der Waals surface area contributed by atoms with Crippen LogP contribution in [-0.4, -0.2) is 52.1 Å². The summed E-state index contributed by atoms with van der Waals surface area (Å²) < 4.78 is 7.74. The van der Waals surface area contributed by atoms with Crippen molar-refractivity contribution in [1.82, 2.24) is 20.2 Å². The first-order valence-electron chi connectivity index (χ1n) is 12.1. The fourth-order valence-electron chi connectivity index (χ4n) is 5.21. The number of aromatic nitrogens is 2. The number of aryl methyl sites for hydroxylation is 1.